The van der Waals surface area contributed by atoms with Gasteiger partial charge in [-0.15, -0.1) is 0 Å². The lowest BCUT2D eigenvalue weighted by atomic mass is 10.1. The van der Waals surface area contributed by atoms with Crippen LogP contribution in [0, 0.1) is 6.92 Å². The summed E-state index contributed by atoms with van der Waals surface area (Å²) in [6.07, 6.45) is -2.68. The maximum Gasteiger partial charge on any atom is 0.416 e. The van der Waals surface area contributed by atoms with Crippen LogP contribution in [-0.2, 0) is 6.18 Å². The van der Waals surface area contributed by atoms with E-state index in [1.807, 2.05) is 43.3 Å². The van der Waals surface area contributed by atoms with Gasteiger partial charge in [0.15, 0.2) is 0 Å². The summed E-state index contributed by atoms with van der Waals surface area (Å²) >= 11 is 0. The molecule has 0 atom stereocenters. The van der Waals surface area contributed by atoms with Crippen molar-refractivity contribution in [2.24, 2.45) is 0 Å². The highest BCUT2D eigenvalue weighted by Gasteiger charge is 2.29. The second-order valence-electron chi connectivity index (χ2n) is 7.66. The van der Waals surface area contributed by atoms with Crippen molar-refractivity contribution in [3.8, 4) is 0 Å². The van der Waals surface area contributed by atoms with Crippen molar-refractivity contribution in [1.82, 2.24) is 4.98 Å². The van der Waals surface area contributed by atoms with Crippen LogP contribution in [0.4, 0.5) is 58.7 Å². The van der Waals surface area contributed by atoms with Gasteiger partial charge in [0.1, 0.15) is 0 Å². The van der Waals surface area contributed by atoms with Crippen molar-refractivity contribution in [3.63, 3.8) is 0 Å². The van der Waals surface area contributed by atoms with E-state index < -0.39 is 11.7 Å². The summed E-state index contributed by atoms with van der Waals surface area (Å²) in [4.78, 5) is 4.27. The topological polar surface area (TPSA) is 101 Å². The molecule has 0 bridgehead atoms. The Labute approximate surface area is 194 Å². The summed E-state index contributed by atoms with van der Waals surface area (Å²) in [7, 11) is 0. The predicted molar refractivity (Wildman–Crippen MR) is 132 cm³/mol. The Bertz CT molecular complexity index is 1300. The number of anilines is 8. The third kappa shape index (κ3) is 5.15. The smallest absolute Gasteiger partial charge is 0.397 e. The Morgan fingerprint density at radius 1 is 0.676 bits per heavy atom. The molecule has 4 rings (SSSR count). The van der Waals surface area contributed by atoms with Gasteiger partial charge in [-0.2, -0.15) is 13.2 Å². The van der Waals surface area contributed by atoms with Crippen LogP contribution in [0.3, 0.4) is 0 Å². The van der Waals surface area contributed by atoms with Gasteiger partial charge in [0.25, 0.3) is 0 Å². The van der Waals surface area contributed by atoms with E-state index in [0.29, 0.717) is 39.8 Å². The van der Waals surface area contributed by atoms with Gasteiger partial charge >= 0.3 is 6.18 Å². The van der Waals surface area contributed by atoms with Gasteiger partial charge in [0.2, 0.25) is 0 Å². The fourth-order valence-corrected chi connectivity index (χ4v) is 3.36. The minimum Gasteiger partial charge on any atom is -0.397 e. The quantitative estimate of drug-likeness (QED) is 0.201. The number of hydrogen-bond acceptors (Lipinski definition) is 6. The number of hydrogen-bond donors (Lipinski definition) is 5. The summed E-state index contributed by atoms with van der Waals surface area (Å²) < 4.78 is 38.6. The van der Waals surface area contributed by atoms with Crippen LogP contribution in [0.2, 0.25) is 0 Å². The first-order valence-corrected chi connectivity index (χ1v) is 10.4. The highest BCUT2D eigenvalue weighted by molar-refractivity contribution is 5.88. The summed E-state index contributed by atoms with van der Waals surface area (Å²) in [5.74, 6) is 0. The molecular weight excluding hydrogens is 441 g/mol. The highest BCUT2D eigenvalue weighted by atomic mass is 19.4. The maximum atomic E-state index is 12.9. The second kappa shape index (κ2) is 9.22. The van der Waals surface area contributed by atoms with E-state index in [-0.39, 0.29) is 0 Å². The predicted octanol–water partition coefficient (Wildman–Crippen LogP) is 6.80. The number of aromatic nitrogens is 1. The summed E-state index contributed by atoms with van der Waals surface area (Å²) in [6, 6.07) is 19.3. The van der Waals surface area contributed by atoms with Gasteiger partial charge in [-0.1, -0.05) is 12.1 Å². The molecule has 0 radical (unpaired) electrons. The normalized spacial score (nSPS) is 11.2. The van der Waals surface area contributed by atoms with Crippen molar-refractivity contribution in [2.45, 2.75) is 13.1 Å². The van der Waals surface area contributed by atoms with Crippen molar-refractivity contribution in [2.75, 3.05) is 27.4 Å². The number of para-hydroxylation sites is 2. The molecule has 174 valence electrons. The molecule has 6 nitrogen and oxygen atoms in total. The molecule has 4 aromatic rings. The lowest BCUT2D eigenvalue weighted by Crippen LogP contribution is -2.05. The number of pyridine rings is 1. The fraction of sp³-hybridized carbons (Fsp3) is 0.0800. The third-order valence-corrected chi connectivity index (χ3v) is 5.19. The van der Waals surface area contributed by atoms with Crippen molar-refractivity contribution in [3.05, 3.63) is 90.3 Å². The molecule has 0 unspecified atom stereocenters. The minimum atomic E-state index is -4.38. The Balaban J connectivity index is 1.59. The van der Waals surface area contributed by atoms with E-state index in [1.54, 1.807) is 18.3 Å². The number of nitrogens with one attached hydrogen (secondary N) is 3. The first kappa shape index (κ1) is 22.8. The molecule has 34 heavy (non-hydrogen) atoms. The minimum absolute atomic E-state index is 0.440. The number of nitrogens with zero attached hydrogens (tertiary/aromatic N) is 1. The molecule has 9 heteroatoms. The fourth-order valence-electron chi connectivity index (χ4n) is 3.36. The van der Waals surface area contributed by atoms with Crippen LogP contribution >= 0.6 is 0 Å². The monoisotopic (exact) mass is 464 g/mol. The number of benzene rings is 3. The number of halogens is 3. The molecule has 1 aromatic heterocycles. The average molecular weight is 464 g/mol. The zero-order chi connectivity index (χ0) is 24.3. The van der Waals surface area contributed by atoms with Gasteiger partial charge in [-0.3, -0.25) is 4.98 Å². The molecule has 0 spiro atoms. The molecule has 0 aliphatic carbocycles. The van der Waals surface area contributed by atoms with E-state index in [0.717, 1.165) is 23.5 Å². The van der Waals surface area contributed by atoms with Crippen molar-refractivity contribution < 1.29 is 13.2 Å². The Hall–Kier alpha value is -4.40. The first-order chi connectivity index (χ1) is 16.2. The van der Waals surface area contributed by atoms with Gasteiger partial charge in [-0.05, 0) is 67.6 Å². The number of nitrogen functional groups attached to an aromatic ring is 2. The van der Waals surface area contributed by atoms with E-state index in [9.17, 15) is 13.2 Å². The molecular formula is C25H23F3N6. The molecule has 0 saturated heterocycles. The zero-order valence-corrected chi connectivity index (χ0v) is 18.2. The standard InChI is InChI=1S/C25H23F3N6/c1-15-20(7-4-12-31-15)33-23-14-24(19(30)13-18(23)29)34-22-6-3-2-5-21(22)32-17-10-8-16(9-11-17)25(26,27)28/h2-14,32-34H,29-30H2,1H3. The Morgan fingerprint density at radius 2 is 1.24 bits per heavy atom. The number of nitrogens with two attached hydrogens (primary N) is 2. The van der Waals surface area contributed by atoms with Crippen molar-refractivity contribution in [1.29, 1.82) is 0 Å². The third-order valence-electron chi connectivity index (χ3n) is 5.19. The van der Waals surface area contributed by atoms with Crippen LogP contribution in [0.1, 0.15) is 11.3 Å². The molecule has 0 amide bonds. The first-order valence-electron chi connectivity index (χ1n) is 10.4. The molecule has 7 N–H and O–H groups in total. The second-order valence-corrected chi connectivity index (χ2v) is 7.66. The largest absolute Gasteiger partial charge is 0.416 e. The van der Waals surface area contributed by atoms with E-state index in [1.165, 1.54) is 12.1 Å². The van der Waals surface area contributed by atoms with Gasteiger partial charge < -0.3 is 27.4 Å². The van der Waals surface area contributed by atoms with Gasteiger partial charge in [-0.25, -0.2) is 0 Å². The highest BCUT2D eigenvalue weighted by Crippen LogP contribution is 2.36. The van der Waals surface area contributed by atoms with Crippen LogP contribution in [-0.4, -0.2) is 4.98 Å². The summed E-state index contributed by atoms with van der Waals surface area (Å²) in [5, 5.41) is 9.71. The van der Waals surface area contributed by atoms with Crippen LogP contribution in [0.5, 0.6) is 0 Å². The summed E-state index contributed by atoms with van der Waals surface area (Å²) in [6.45, 7) is 1.89. The SMILES string of the molecule is Cc1ncccc1Nc1cc(Nc2ccccc2Nc2ccc(C(F)(F)F)cc2)c(N)cc1N. The van der Waals surface area contributed by atoms with Crippen LogP contribution in [0.15, 0.2) is 79.0 Å². The zero-order valence-electron chi connectivity index (χ0n) is 18.2. The Morgan fingerprint density at radius 3 is 1.82 bits per heavy atom. The number of rotatable bonds is 6. The number of aryl methyl sites for hydroxylation is 1. The molecule has 1 heterocycles. The molecule has 0 aliphatic rings. The molecule has 0 fully saturated rings. The number of alkyl halides is 3. The lowest BCUT2D eigenvalue weighted by molar-refractivity contribution is -0.137. The van der Waals surface area contributed by atoms with Crippen LogP contribution < -0.4 is 27.4 Å². The maximum absolute atomic E-state index is 12.9. The lowest BCUT2D eigenvalue weighted by Gasteiger charge is -2.18. The van der Waals surface area contributed by atoms with E-state index >= 15 is 0 Å². The Kier molecular flexibility index (Phi) is 6.18. The van der Waals surface area contributed by atoms with Gasteiger partial charge in [0.05, 0.1) is 51.1 Å². The molecule has 0 saturated carbocycles. The molecule has 3 aromatic carbocycles. The van der Waals surface area contributed by atoms with E-state index in [4.69, 9.17) is 11.5 Å². The summed E-state index contributed by atoms with van der Waals surface area (Å²) in [5.41, 5.74) is 17.4. The van der Waals surface area contributed by atoms with Crippen molar-refractivity contribution >= 4 is 45.5 Å². The van der Waals surface area contributed by atoms with Gasteiger partial charge in [0, 0.05) is 11.9 Å². The van der Waals surface area contributed by atoms with E-state index in [2.05, 4.69) is 20.9 Å². The molecule has 0 aliphatic heterocycles. The van der Waals surface area contributed by atoms with Crippen LogP contribution in [0.25, 0.3) is 0 Å². The average Bonchev–Trinajstić information content (AvgIpc) is 2.79.